The fourth-order valence-corrected chi connectivity index (χ4v) is 3.62. The number of nitrogens with two attached hydrogens (primary N) is 1. The number of hydrogen-bond acceptors (Lipinski definition) is 4. The van der Waals surface area contributed by atoms with E-state index >= 15 is 0 Å². The Morgan fingerprint density at radius 2 is 1.65 bits per heavy atom. The predicted molar refractivity (Wildman–Crippen MR) is 73.4 cm³/mol. The molecule has 0 aromatic rings. The highest BCUT2D eigenvalue weighted by molar-refractivity contribution is 7.92. The predicted octanol–water partition coefficient (Wildman–Crippen LogP) is 0.0168. The Bertz CT molecular complexity index is 373. The summed E-state index contributed by atoms with van der Waals surface area (Å²) in [4.78, 5) is 2.30. The van der Waals surface area contributed by atoms with Crippen LogP contribution in [0.2, 0.25) is 0 Å². The summed E-state index contributed by atoms with van der Waals surface area (Å²) in [7, 11) is -3.37. The molecule has 17 heavy (non-hydrogen) atoms. The van der Waals surface area contributed by atoms with Crippen molar-refractivity contribution in [3.05, 3.63) is 0 Å². The van der Waals surface area contributed by atoms with E-state index in [0.29, 0.717) is 19.1 Å². The van der Waals surface area contributed by atoms with Crippen LogP contribution in [0.3, 0.4) is 0 Å². The molecule has 0 aromatic carbocycles. The fourth-order valence-electron chi connectivity index (χ4n) is 1.84. The van der Waals surface area contributed by atoms with Crippen molar-refractivity contribution in [2.24, 2.45) is 5.73 Å². The van der Waals surface area contributed by atoms with Gasteiger partial charge < -0.3 is 5.73 Å². The van der Waals surface area contributed by atoms with Gasteiger partial charge in [0, 0.05) is 32.2 Å². The minimum absolute atomic E-state index is 0.0382. The zero-order valence-electron chi connectivity index (χ0n) is 10.6. The van der Waals surface area contributed by atoms with Crippen molar-refractivity contribution in [1.29, 1.82) is 0 Å². The third kappa shape index (κ3) is 3.37. The molecule has 0 aromatic heterocycles. The highest BCUT2D eigenvalue weighted by atomic mass is 32.2. The summed E-state index contributed by atoms with van der Waals surface area (Å²) in [6.07, 6.45) is 0. The van der Waals surface area contributed by atoms with Crippen molar-refractivity contribution >= 4 is 27.2 Å². The SMILES string of the molecule is CC(C)N1CCN(S(=O)(=O)C(C)C(N)=S)CC1. The average Bonchev–Trinajstić information content (AvgIpc) is 2.27. The van der Waals surface area contributed by atoms with Gasteiger partial charge in [-0.05, 0) is 20.8 Å². The molecule has 1 aliphatic heterocycles. The Labute approximate surface area is 109 Å². The second-order valence-corrected chi connectivity index (χ2v) is 7.34. The van der Waals surface area contributed by atoms with Crippen LogP contribution in [0.15, 0.2) is 0 Å². The van der Waals surface area contributed by atoms with E-state index in [4.69, 9.17) is 18.0 Å². The lowest BCUT2D eigenvalue weighted by molar-refractivity contribution is 0.154. The zero-order valence-corrected chi connectivity index (χ0v) is 12.2. The summed E-state index contributed by atoms with van der Waals surface area (Å²) < 4.78 is 25.8. The molecule has 0 spiro atoms. The van der Waals surface area contributed by atoms with E-state index in [0.717, 1.165) is 13.1 Å². The molecule has 5 nitrogen and oxygen atoms in total. The normalized spacial score (nSPS) is 21.6. The van der Waals surface area contributed by atoms with Gasteiger partial charge >= 0.3 is 0 Å². The first-order valence-electron chi connectivity index (χ1n) is 5.79. The molecule has 1 fully saturated rings. The molecule has 0 radical (unpaired) electrons. The Balaban J connectivity index is 2.68. The van der Waals surface area contributed by atoms with Gasteiger partial charge in [0.2, 0.25) is 10.0 Å². The molecule has 1 heterocycles. The van der Waals surface area contributed by atoms with E-state index in [2.05, 4.69) is 18.7 Å². The van der Waals surface area contributed by atoms with Crippen LogP contribution in [-0.2, 0) is 10.0 Å². The number of sulfonamides is 1. The summed E-state index contributed by atoms with van der Waals surface area (Å²) in [6.45, 7) is 8.35. The summed E-state index contributed by atoms with van der Waals surface area (Å²) >= 11 is 4.76. The molecule has 100 valence electrons. The van der Waals surface area contributed by atoms with Crippen LogP contribution < -0.4 is 5.73 Å². The molecule has 1 unspecified atom stereocenters. The van der Waals surface area contributed by atoms with Crippen molar-refractivity contribution in [3.63, 3.8) is 0 Å². The monoisotopic (exact) mass is 279 g/mol. The maximum atomic E-state index is 12.1. The van der Waals surface area contributed by atoms with Crippen LogP contribution in [0.5, 0.6) is 0 Å². The van der Waals surface area contributed by atoms with Gasteiger partial charge in [-0.15, -0.1) is 0 Å². The maximum absolute atomic E-state index is 12.1. The lowest BCUT2D eigenvalue weighted by Gasteiger charge is -2.37. The smallest absolute Gasteiger partial charge is 0.223 e. The summed E-state index contributed by atoms with van der Waals surface area (Å²) in [5.74, 6) is 0. The molecule has 0 amide bonds. The van der Waals surface area contributed by atoms with Crippen LogP contribution >= 0.6 is 12.2 Å². The largest absolute Gasteiger partial charge is 0.392 e. The maximum Gasteiger partial charge on any atom is 0.223 e. The van der Waals surface area contributed by atoms with Crippen molar-refractivity contribution in [2.75, 3.05) is 26.2 Å². The van der Waals surface area contributed by atoms with Gasteiger partial charge in [-0.2, -0.15) is 4.31 Å². The van der Waals surface area contributed by atoms with Gasteiger partial charge in [0.1, 0.15) is 5.25 Å². The molecular formula is C10H21N3O2S2. The molecule has 1 aliphatic rings. The van der Waals surface area contributed by atoms with Gasteiger partial charge in [-0.3, -0.25) is 4.90 Å². The standard InChI is InChI=1S/C10H21N3O2S2/c1-8(2)12-4-6-13(7-5-12)17(14,15)9(3)10(11)16/h8-9H,4-7H2,1-3H3,(H2,11,16). The number of rotatable bonds is 4. The zero-order chi connectivity index (χ0) is 13.2. The lowest BCUT2D eigenvalue weighted by atomic mass is 10.3. The molecule has 0 saturated carbocycles. The van der Waals surface area contributed by atoms with E-state index in [1.54, 1.807) is 6.92 Å². The number of piperazine rings is 1. The quantitative estimate of drug-likeness (QED) is 0.735. The van der Waals surface area contributed by atoms with Gasteiger partial charge in [0.25, 0.3) is 0 Å². The van der Waals surface area contributed by atoms with Crippen LogP contribution in [-0.4, -0.2) is 60.1 Å². The van der Waals surface area contributed by atoms with Crippen LogP contribution in [0.25, 0.3) is 0 Å². The molecular weight excluding hydrogens is 258 g/mol. The van der Waals surface area contributed by atoms with Crippen molar-refractivity contribution < 1.29 is 8.42 Å². The Morgan fingerprint density at radius 3 is 2.00 bits per heavy atom. The highest BCUT2D eigenvalue weighted by Gasteiger charge is 2.33. The average molecular weight is 279 g/mol. The lowest BCUT2D eigenvalue weighted by Crippen LogP contribution is -2.53. The van der Waals surface area contributed by atoms with Gasteiger partial charge in [0.05, 0.1) is 4.99 Å². The van der Waals surface area contributed by atoms with Crippen molar-refractivity contribution in [3.8, 4) is 0 Å². The van der Waals surface area contributed by atoms with Gasteiger partial charge in [-0.1, -0.05) is 12.2 Å². The summed E-state index contributed by atoms with van der Waals surface area (Å²) in [5.41, 5.74) is 5.42. The fraction of sp³-hybridized carbons (Fsp3) is 0.900. The van der Waals surface area contributed by atoms with E-state index in [1.165, 1.54) is 4.31 Å². The topological polar surface area (TPSA) is 66.6 Å². The number of hydrogen-bond donors (Lipinski definition) is 1. The second kappa shape index (κ2) is 5.60. The molecule has 7 heteroatoms. The van der Waals surface area contributed by atoms with Crippen LogP contribution in [0.1, 0.15) is 20.8 Å². The minimum Gasteiger partial charge on any atom is -0.392 e. The third-order valence-corrected chi connectivity index (χ3v) is 5.95. The van der Waals surface area contributed by atoms with Crippen LogP contribution in [0, 0.1) is 0 Å². The van der Waals surface area contributed by atoms with E-state index in [9.17, 15) is 8.42 Å². The molecule has 1 rings (SSSR count). The first-order valence-corrected chi connectivity index (χ1v) is 7.70. The Hall–Kier alpha value is -0.240. The molecule has 2 N–H and O–H groups in total. The van der Waals surface area contributed by atoms with Crippen molar-refractivity contribution in [2.45, 2.75) is 32.1 Å². The Kier molecular flexibility index (Phi) is 4.88. The molecule has 0 aliphatic carbocycles. The van der Waals surface area contributed by atoms with Crippen molar-refractivity contribution in [1.82, 2.24) is 9.21 Å². The summed E-state index contributed by atoms with van der Waals surface area (Å²) in [5, 5.41) is -0.775. The highest BCUT2D eigenvalue weighted by Crippen LogP contribution is 2.14. The first kappa shape index (κ1) is 14.8. The Morgan fingerprint density at radius 1 is 1.18 bits per heavy atom. The number of nitrogens with zero attached hydrogens (tertiary/aromatic N) is 2. The molecule has 0 bridgehead atoms. The van der Waals surface area contributed by atoms with Gasteiger partial charge in [-0.25, -0.2) is 8.42 Å². The number of thiocarbonyl (C=S) groups is 1. The third-order valence-electron chi connectivity index (χ3n) is 3.21. The molecule has 1 saturated heterocycles. The van der Waals surface area contributed by atoms with E-state index in [1.807, 2.05) is 0 Å². The second-order valence-electron chi connectivity index (χ2n) is 4.62. The van der Waals surface area contributed by atoms with E-state index in [-0.39, 0.29) is 4.99 Å². The first-order chi connectivity index (χ1) is 7.76. The van der Waals surface area contributed by atoms with Gasteiger partial charge in [0.15, 0.2) is 0 Å². The minimum atomic E-state index is -3.37. The molecule has 1 atom stereocenters. The summed E-state index contributed by atoms with van der Waals surface area (Å²) in [6, 6.07) is 0.452. The van der Waals surface area contributed by atoms with E-state index < -0.39 is 15.3 Å². The van der Waals surface area contributed by atoms with Crippen LogP contribution in [0.4, 0.5) is 0 Å².